The molecule has 0 spiro atoms. The van der Waals surface area contributed by atoms with Crippen LogP contribution in [0.5, 0.6) is 5.75 Å². The zero-order chi connectivity index (χ0) is 18.5. The summed E-state index contributed by atoms with van der Waals surface area (Å²) in [6.45, 7) is 0.359. The number of hydrogen-bond acceptors (Lipinski definition) is 6. The van der Waals surface area contributed by atoms with Crippen LogP contribution in [0.1, 0.15) is 18.6 Å². The summed E-state index contributed by atoms with van der Waals surface area (Å²) in [7, 11) is 0. The summed E-state index contributed by atoms with van der Waals surface area (Å²) in [5.41, 5.74) is 0.253. The molecule has 0 atom stereocenters. The van der Waals surface area contributed by atoms with Gasteiger partial charge < -0.3 is 19.4 Å². The third-order valence-corrected chi connectivity index (χ3v) is 3.92. The van der Waals surface area contributed by atoms with Gasteiger partial charge in [0.05, 0.1) is 17.7 Å². The van der Waals surface area contributed by atoms with Gasteiger partial charge in [-0.25, -0.2) is 0 Å². The molecule has 3 rings (SSSR count). The fourth-order valence-corrected chi connectivity index (χ4v) is 2.65. The number of hydrogen-bond donors (Lipinski definition) is 1. The first-order chi connectivity index (χ1) is 12.5. The molecule has 0 aliphatic carbocycles. The molecule has 1 N–H and O–H groups in total. The van der Waals surface area contributed by atoms with E-state index in [1.165, 1.54) is 24.5 Å². The monoisotopic (exact) mass is 359 g/mol. The summed E-state index contributed by atoms with van der Waals surface area (Å²) >= 11 is 0. The number of carbonyl (C=O) groups is 2. The molecule has 1 aromatic heterocycles. The minimum atomic E-state index is -0.592. The first-order valence-corrected chi connectivity index (χ1v) is 8.05. The Balaban J connectivity index is 1.67. The molecule has 0 bridgehead atoms. The molecule has 2 amide bonds. The van der Waals surface area contributed by atoms with Crippen LogP contribution in [0.25, 0.3) is 0 Å². The molecule has 9 nitrogen and oxygen atoms in total. The van der Waals surface area contributed by atoms with Crippen LogP contribution in [-0.2, 0) is 16.1 Å². The normalized spacial score (nSPS) is 13.7. The topological polar surface area (TPSA) is 115 Å². The fourth-order valence-electron chi connectivity index (χ4n) is 2.65. The van der Waals surface area contributed by atoms with Gasteiger partial charge in [0, 0.05) is 30.8 Å². The molecule has 136 valence electrons. The maximum absolute atomic E-state index is 11.9. The molecule has 2 aromatic rings. The van der Waals surface area contributed by atoms with Crippen molar-refractivity contribution in [3.05, 3.63) is 52.5 Å². The molecule has 2 heterocycles. The van der Waals surface area contributed by atoms with Crippen molar-refractivity contribution in [3.63, 3.8) is 0 Å². The predicted octanol–water partition coefficient (Wildman–Crippen LogP) is 2.01. The van der Waals surface area contributed by atoms with Crippen molar-refractivity contribution in [2.75, 3.05) is 18.1 Å². The molecule has 1 fully saturated rings. The van der Waals surface area contributed by atoms with Gasteiger partial charge in [-0.1, -0.05) is 0 Å². The lowest BCUT2D eigenvalue weighted by Crippen LogP contribution is -2.28. The SMILES string of the molecule is O=C(COc1cc(N2CCCC2=O)ccc1[N+](=O)[O-])NCc1ccco1. The highest BCUT2D eigenvalue weighted by molar-refractivity contribution is 5.95. The minimum Gasteiger partial charge on any atom is -0.477 e. The van der Waals surface area contributed by atoms with Gasteiger partial charge in [-0.15, -0.1) is 0 Å². The van der Waals surface area contributed by atoms with Crippen LogP contribution < -0.4 is 15.0 Å². The van der Waals surface area contributed by atoms with Gasteiger partial charge in [0.15, 0.2) is 12.4 Å². The minimum absolute atomic E-state index is 0.0407. The third-order valence-electron chi connectivity index (χ3n) is 3.92. The number of nitrogens with one attached hydrogen (secondary N) is 1. The standard InChI is InChI=1S/C17H17N3O6/c21-16(18-10-13-3-2-8-25-13)11-26-15-9-12(5-6-14(15)20(23)24)19-7-1-4-17(19)22/h2-3,5-6,8-9H,1,4,7,10-11H2,(H,18,21). The molecule has 1 aliphatic rings. The van der Waals surface area contributed by atoms with E-state index in [4.69, 9.17) is 9.15 Å². The molecule has 1 aliphatic heterocycles. The summed E-state index contributed by atoms with van der Waals surface area (Å²) in [5.74, 6) is 0.0403. The van der Waals surface area contributed by atoms with Crippen molar-refractivity contribution in [3.8, 4) is 5.75 Å². The quantitative estimate of drug-likeness (QED) is 0.597. The molecule has 9 heteroatoms. The summed E-state index contributed by atoms with van der Waals surface area (Å²) in [5, 5.41) is 13.8. The van der Waals surface area contributed by atoms with Crippen molar-refractivity contribution in [1.29, 1.82) is 0 Å². The lowest BCUT2D eigenvalue weighted by molar-refractivity contribution is -0.385. The number of rotatable bonds is 7. The molecular weight excluding hydrogens is 342 g/mol. The number of anilines is 1. The van der Waals surface area contributed by atoms with Crippen LogP contribution in [0, 0.1) is 10.1 Å². The van der Waals surface area contributed by atoms with Gasteiger partial charge in [0.2, 0.25) is 5.91 Å². The summed E-state index contributed by atoms with van der Waals surface area (Å²) in [6, 6.07) is 7.61. The Morgan fingerprint density at radius 1 is 1.38 bits per heavy atom. The zero-order valence-electron chi connectivity index (χ0n) is 13.8. The largest absolute Gasteiger partial charge is 0.477 e. The Bertz CT molecular complexity index is 818. The van der Waals surface area contributed by atoms with Crippen molar-refractivity contribution >= 4 is 23.2 Å². The first-order valence-electron chi connectivity index (χ1n) is 8.05. The number of nitrogens with zero attached hydrogens (tertiary/aromatic N) is 2. The zero-order valence-corrected chi connectivity index (χ0v) is 13.8. The van der Waals surface area contributed by atoms with Crippen LogP contribution in [-0.4, -0.2) is 29.9 Å². The third kappa shape index (κ3) is 4.00. The Labute approximate surface area is 148 Å². The Morgan fingerprint density at radius 3 is 2.88 bits per heavy atom. The van der Waals surface area contributed by atoms with Gasteiger partial charge in [0.1, 0.15) is 5.76 Å². The molecular formula is C17H17N3O6. The second-order valence-corrected chi connectivity index (χ2v) is 5.70. The van der Waals surface area contributed by atoms with E-state index in [0.717, 1.165) is 6.42 Å². The molecule has 26 heavy (non-hydrogen) atoms. The van der Waals surface area contributed by atoms with E-state index < -0.39 is 10.8 Å². The van der Waals surface area contributed by atoms with E-state index >= 15 is 0 Å². The molecule has 1 aromatic carbocycles. The number of nitro groups is 1. The Hall–Kier alpha value is -3.36. The second-order valence-electron chi connectivity index (χ2n) is 5.70. The maximum atomic E-state index is 11.9. The van der Waals surface area contributed by atoms with Gasteiger partial charge in [-0.3, -0.25) is 19.7 Å². The predicted molar refractivity (Wildman–Crippen MR) is 90.7 cm³/mol. The summed E-state index contributed by atoms with van der Waals surface area (Å²) in [4.78, 5) is 35.9. The highest BCUT2D eigenvalue weighted by atomic mass is 16.6. The van der Waals surface area contributed by atoms with E-state index in [9.17, 15) is 19.7 Å². The van der Waals surface area contributed by atoms with E-state index in [-0.39, 0.29) is 30.5 Å². The van der Waals surface area contributed by atoms with Crippen molar-refractivity contribution in [2.45, 2.75) is 19.4 Å². The lowest BCUT2D eigenvalue weighted by Gasteiger charge is -2.16. The van der Waals surface area contributed by atoms with E-state index in [0.29, 0.717) is 24.4 Å². The van der Waals surface area contributed by atoms with E-state index in [2.05, 4.69) is 5.32 Å². The maximum Gasteiger partial charge on any atom is 0.311 e. The highest BCUT2D eigenvalue weighted by Gasteiger charge is 2.25. The number of amides is 2. The molecule has 0 radical (unpaired) electrons. The first kappa shape index (κ1) is 17.5. The lowest BCUT2D eigenvalue weighted by atomic mass is 10.2. The van der Waals surface area contributed by atoms with Crippen LogP contribution in [0.3, 0.4) is 0 Å². The Morgan fingerprint density at radius 2 is 2.23 bits per heavy atom. The van der Waals surface area contributed by atoms with Gasteiger partial charge >= 0.3 is 5.69 Å². The van der Waals surface area contributed by atoms with Gasteiger partial charge in [-0.05, 0) is 24.6 Å². The average Bonchev–Trinajstić information content (AvgIpc) is 3.29. The summed E-state index contributed by atoms with van der Waals surface area (Å²) in [6.07, 6.45) is 2.68. The van der Waals surface area contributed by atoms with Crippen molar-refractivity contribution < 1.29 is 23.7 Å². The van der Waals surface area contributed by atoms with Crippen LogP contribution >= 0.6 is 0 Å². The number of benzene rings is 1. The Kier molecular flexibility index (Phi) is 5.16. The van der Waals surface area contributed by atoms with Gasteiger partial charge in [-0.2, -0.15) is 0 Å². The number of ether oxygens (including phenoxy) is 1. The molecule has 0 unspecified atom stereocenters. The molecule has 0 saturated carbocycles. The van der Waals surface area contributed by atoms with Crippen LogP contribution in [0.4, 0.5) is 11.4 Å². The number of carbonyl (C=O) groups excluding carboxylic acids is 2. The second kappa shape index (κ2) is 7.68. The number of nitro benzene ring substituents is 1. The van der Waals surface area contributed by atoms with E-state index in [1.807, 2.05) is 0 Å². The van der Waals surface area contributed by atoms with Gasteiger partial charge in [0.25, 0.3) is 5.91 Å². The van der Waals surface area contributed by atoms with E-state index in [1.54, 1.807) is 17.0 Å². The van der Waals surface area contributed by atoms with Crippen molar-refractivity contribution in [1.82, 2.24) is 5.32 Å². The number of furan rings is 1. The fraction of sp³-hybridized carbons (Fsp3) is 0.294. The van der Waals surface area contributed by atoms with Crippen molar-refractivity contribution in [2.24, 2.45) is 0 Å². The molecule has 1 saturated heterocycles. The summed E-state index contributed by atoms with van der Waals surface area (Å²) < 4.78 is 10.4. The smallest absolute Gasteiger partial charge is 0.311 e. The highest BCUT2D eigenvalue weighted by Crippen LogP contribution is 2.33. The average molecular weight is 359 g/mol. The van der Waals surface area contributed by atoms with Crippen LogP contribution in [0.15, 0.2) is 41.0 Å². The van der Waals surface area contributed by atoms with Crippen LogP contribution in [0.2, 0.25) is 0 Å².